The van der Waals surface area contributed by atoms with Crippen LogP contribution in [0.25, 0.3) is 0 Å². The third-order valence-corrected chi connectivity index (χ3v) is 1.48. The molecule has 0 saturated heterocycles. The molecule has 0 aromatic carbocycles. The third-order valence-electron chi connectivity index (χ3n) is 0.250. The number of hydrogen-bond donors (Lipinski definition) is 0. The van der Waals surface area contributed by atoms with Crippen LogP contribution in [0.2, 0.25) is 0 Å². The van der Waals surface area contributed by atoms with E-state index in [2.05, 4.69) is 27.0 Å². The second-order valence-corrected chi connectivity index (χ2v) is 3.87. The Morgan fingerprint density at radius 2 is 1.08 bits per heavy atom. The molecule has 0 atom stereocenters. The number of carbonyl (C=O) groups excluding carboxylic acids is 3. The summed E-state index contributed by atoms with van der Waals surface area (Å²) in [5.74, 6) is 0. The molecule has 0 radical (unpaired) electrons. The van der Waals surface area contributed by atoms with E-state index in [9.17, 15) is 14.4 Å². The van der Waals surface area contributed by atoms with Gasteiger partial charge in [0, 0.05) is 0 Å². The van der Waals surface area contributed by atoms with Gasteiger partial charge in [-0.1, -0.05) is 0 Å². The zero-order valence-electron chi connectivity index (χ0n) is 7.12. The standard InChI is InChI=1S/2C3H5.3CO.Mo/c2*1-3-2;3*1-2;/h2*3H,1-2H2;;;;/q2*-1;;;;. The Morgan fingerprint density at radius 1 is 0.923 bits per heavy atom. The number of allylic oxidation sites excluding steroid dienone is 2. The van der Waals surface area contributed by atoms with Crippen molar-refractivity contribution in [2.75, 3.05) is 0 Å². The molecule has 3 nitrogen and oxygen atoms in total. The van der Waals surface area contributed by atoms with Crippen molar-refractivity contribution >= 4 is 12.8 Å². The average Bonchev–Trinajstić information content (AvgIpc) is 2.10. The van der Waals surface area contributed by atoms with E-state index in [1.165, 1.54) is 25.0 Å². The van der Waals surface area contributed by atoms with Gasteiger partial charge in [0.2, 0.25) is 0 Å². The zero-order valence-corrected chi connectivity index (χ0v) is 9.12. The molecule has 13 heavy (non-hydrogen) atoms. The number of hydrogen-bond acceptors (Lipinski definition) is 3. The summed E-state index contributed by atoms with van der Waals surface area (Å²) in [7, 11) is 0. The summed E-state index contributed by atoms with van der Waals surface area (Å²) in [5, 5.41) is 0. The summed E-state index contributed by atoms with van der Waals surface area (Å²) < 4.78 is 3.82. The molecule has 0 fully saturated rings. The van der Waals surface area contributed by atoms with Crippen molar-refractivity contribution in [3.05, 3.63) is 39.2 Å². The molecular formula is C9H10MoO3-2. The SMILES string of the molecule is C=C[CH2-].C=C[CH2-].O=[C]=[Mo](=[C]=O)=[C]=O. The van der Waals surface area contributed by atoms with E-state index >= 15 is 0 Å². The summed E-state index contributed by atoms with van der Waals surface area (Å²) in [5.41, 5.74) is 0. The quantitative estimate of drug-likeness (QED) is 0.479. The monoisotopic (exact) mass is 264 g/mol. The molecule has 4 heteroatoms. The van der Waals surface area contributed by atoms with E-state index < -0.39 is 15.9 Å². The second kappa shape index (κ2) is 22.4. The maximum atomic E-state index is 9.39. The van der Waals surface area contributed by atoms with E-state index in [4.69, 9.17) is 0 Å². The average molecular weight is 262 g/mol. The molecule has 0 spiro atoms. The van der Waals surface area contributed by atoms with Gasteiger partial charge < -0.3 is 0 Å². The molecule has 0 bridgehead atoms. The molecule has 0 aliphatic rings. The molecular weight excluding hydrogens is 252 g/mol. The molecule has 0 amide bonds. The van der Waals surface area contributed by atoms with Crippen LogP contribution < -0.4 is 0 Å². The summed E-state index contributed by atoms with van der Waals surface area (Å²) in [6, 6.07) is 0. The van der Waals surface area contributed by atoms with Crippen molar-refractivity contribution < 1.29 is 30.3 Å². The van der Waals surface area contributed by atoms with Gasteiger partial charge in [-0.3, -0.25) is 0 Å². The maximum absolute atomic E-state index is 9.39. The van der Waals surface area contributed by atoms with Gasteiger partial charge >= 0.3 is 43.1 Å². The Morgan fingerprint density at radius 3 is 1.08 bits per heavy atom. The number of rotatable bonds is 0. The van der Waals surface area contributed by atoms with Crippen LogP contribution >= 0.6 is 0 Å². The predicted molar refractivity (Wildman–Crippen MR) is 48.2 cm³/mol. The van der Waals surface area contributed by atoms with Gasteiger partial charge in [-0.25, -0.2) is 39.2 Å². The van der Waals surface area contributed by atoms with Crippen LogP contribution in [0.4, 0.5) is 0 Å². The first-order valence-corrected chi connectivity index (χ1v) is 5.87. The fourth-order valence-electron chi connectivity index (χ4n) is 0.0510. The van der Waals surface area contributed by atoms with Gasteiger partial charge in [-0.05, 0) is 0 Å². The van der Waals surface area contributed by atoms with Crippen LogP contribution in [0.3, 0.4) is 0 Å². The Labute approximate surface area is 82.5 Å². The van der Waals surface area contributed by atoms with Crippen molar-refractivity contribution in [2.45, 2.75) is 0 Å². The van der Waals surface area contributed by atoms with Gasteiger partial charge in [0.15, 0.2) is 0 Å². The third kappa shape index (κ3) is 36.9. The molecule has 0 N–H and O–H groups in total. The predicted octanol–water partition coefficient (Wildman–Crippen LogP) is 0.819. The molecule has 0 aliphatic heterocycles. The molecule has 0 saturated carbocycles. The van der Waals surface area contributed by atoms with Crippen LogP contribution in [0.5, 0.6) is 0 Å². The topological polar surface area (TPSA) is 51.2 Å². The van der Waals surface area contributed by atoms with Gasteiger partial charge in [0.25, 0.3) is 0 Å². The first kappa shape index (κ1) is 17.7. The molecule has 0 aromatic heterocycles. The van der Waals surface area contributed by atoms with E-state index in [0.717, 1.165) is 0 Å². The Bertz CT molecular complexity index is 282. The Hall–Kier alpha value is -1.35. The van der Waals surface area contributed by atoms with Crippen molar-refractivity contribution in [3.63, 3.8) is 0 Å². The van der Waals surface area contributed by atoms with Crippen LogP contribution in [0, 0.1) is 13.8 Å². The molecule has 0 unspecified atom stereocenters. The molecule has 0 aromatic rings. The van der Waals surface area contributed by atoms with E-state index in [-0.39, 0.29) is 0 Å². The summed E-state index contributed by atoms with van der Waals surface area (Å²) in [6.45, 7) is 13.0. The van der Waals surface area contributed by atoms with Crippen LogP contribution in [0.15, 0.2) is 25.3 Å². The van der Waals surface area contributed by atoms with Gasteiger partial charge in [0.1, 0.15) is 0 Å². The molecule has 0 aliphatic carbocycles. The summed E-state index contributed by atoms with van der Waals surface area (Å²) in [6.07, 6.45) is 3.00. The van der Waals surface area contributed by atoms with Crippen LogP contribution in [0.1, 0.15) is 0 Å². The summed E-state index contributed by atoms with van der Waals surface area (Å²) in [4.78, 5) is 28.2. The van der Waals surface area contributed by atoms with Gasteiger partial charge in [-0.2, -0.15) is 0 Å². The Kier molecular flexibility index (Phi) is 30.5. The Balaban J connectivity index is -0.000000140. The minimum absolute atomic E-state index is 1.27. The van der Waals surface area contributed by atoms with E-state index in [1.54, 1.807) is 0 Å². The van der Waals surface area contributed by atoms with E-state index in [1.807, 2.05) is 0 Å². The van der Waals surface area contributed by atoms with Crippen molar-refractivity contribution in [3.8, 4) is 0 Å². The fourth-order valence-corrected chi connectivity index (χ4v) is 0.302. The van der Waals surface area contributed by atoms with Crippen LogP contribution in [-0.4, -0.2) is 12.8 Å². The minimum atomic E-state index is -2.85. The molecule has 72 valence electrons. The zero-order chi connectivity index (χ0) is 11.1. The normalized spacial score (nSPS) is 4.62. The molecule has 0 heterocycles. The second-order valence-electron chi connectivity index (χ2n) is 1.13. The molecule has 0 rings (SSSR count). The van der Waals surface area contributed by atoms with E-state index in [0.29, 0.717) is 0 Å². The first-order valence-electron chi connectivity index (χ1n) is 2.86. The van der Waals surface area contributed by atoms with Crippen molar-refractivity contribution in [2.24, 2.45) is 0 Å². The van der Waals surface area contributed by atoms with Gasteiger partial charge in [0.05, 0.1) is 0 Å². The van der Waals surface area contributed by atoms with Crippen molar-refractivity contribution in [1.29, 1.82) is 0 Å². The fraction of sp³-hybridized carbons (Fsp3) is 0. The van der Waals surface area contributed by atoms with Crippen molar-refractivity contribution in [1.82, 2.24) is 0 Å². The summed E-state index contributed by atoms with van der Waals surface area (Å²) >= 11 is -2.85. The van der Waals surface area contributed by atoms with Gasteiger partial charge in [-0.15, -0.1) is 0 Å². The first-order chi connectivity index (χ1) is 6.17. The van der Waals surface area contributed by atoms with Crippen LogP contribution in [-0.2, 0) is 30.3 Å².